The number of hydrogen-bond donors (Lipinski definition) is 2. The smallest absolute Gasteiger partial charge is 0.240 e. The third kappa shape index (κ3) is 2.22. The van der Waals surface area contributed by atoms with Gasteiger partial charge in [-0.15, -0.1) is 0 Å². The van der Waals surface area contributed by atoms with Crippen LogP contribution in [-0.4, -0.2) is 16.9 Å². The Morgan fingerprint density at radius 3 is 2.88 bits per heavy atom. The van der Waals surface area contributed by atoms with Gasteiger partial charge in [0.05, 0.1) is 11.6 Å². The molecule has 2 rings (SSSR count). The summed E-state index contributed by atoms with van der Waals surface area (Å²) >= 11 is 0. The van der Waals surface area contributed by atoms with Crippen molar-refractivity contribution in [2.24, 2.45) is 11.7 Å². The highest BCUT2D eigenvalue weighted by Gasteiger charge is 2.20. The summed E-state index contributed by atoms with van der Waals surface area (Å²) in [4.78, 5) is 15.5. The molecule has 2 aromatic rings. The van der Waals surface area contributed by atoms with Crippen molar-refractivity contribution in [1.82, 2.24) is 4.98 Å². The summed E-state index contributed by atoms with van der Waals surface area (Å²) in [5.41, 5.74) is 6.08. The number of fused-ring (bicyclic) bond motifs is 1. The molecule has 1 atom stereocenters. The van der Waals surface area contributed by atoms with E-state index < -0.39 is 6.04 Å². The first-order chi connectivity index (χ1) is 8.09. The maximum absolute atomic E-state index is 11.3. The first kappa shape index (κ1) is 11.4. The molecule has 1 amide bonds. The number of amides is 1. The van der Waals surface area contributed by atoms with Crippen molar-refractivity contribution in [2.45, 2.75) is 19.9 Å². The molecule has 0 aromatic carbocycles. The summed E-state index contributed by atoms with van der Waals surface area (Å²) in [5, 5.41) is 3.91. The Balaban J connectivity index is 2.34. The topological polar surface area (TPSA) is 81.2 Å². The number of nitrogens with two attached hydrogens (primary N) is 1. The lowest BCUT2D eigenvalue weighted by Crippen LogP contribution is -2.39. The summed E-state index contributed by atoms with van der Waals surface area (Å²) in [6.07, 6.45) is 3.22. The minimum atomic E-state index is -0.442. The number of carbonyl (C=O) groups is 1. The Hall–Kier alpha value is -2.04. The lowest BCUT2D eigenvalue weighted by Gasteiger charge is -2.19. The standard InChI is InChI=1S/C12H15N3O2/c1-7(2)10(11(13)16)15-12-8-4-6-17-9(8)3-5-14-12/h3-7,10H,1-2H3,(H2,13,16)(H,14,15). The summed E-state index contributed by atoms with van der Waals surface area (Å²) in [6, 6.07) is 3.14. The van der Waals surface area contributed by atoms with E-state index in [4.69, 9.17) is 10.2 Å². The molecule has 0 saturated carbocycles. The number of nitrogens with zero attached hydrogens (tertiary/aromatic N) is 1. The van der Waals surface area contributed by atoms with Gasteiger partial charge in [0.15, 0.2) is 0 Å². The molecule has 0 fully saturated rings. The highest BCUT2D eigenvalue weighted by Crippen LogP contribution is 2.23. The normalized spacial score (nSPS) is 12.9. The van der Waals surface area contributed by atoms with Gasteiger partial charge < -0.3 is 15.5 Å². The Labute approximate surface area is 99.0 Å². The van der Waals surface area contributed by atoms with E-state index in [1.165, 1.54) is 0 Å². The fourth-order valence-electron chi connectivity index (χ4n) is 1.72. The second kappa shape index (κ2) is 4.45. The average Bonchev–Trinajstić information content (AvgIpc) is 2.73. The van der Waals surface area contributed by atoms with Crippen LogP contribution < -0.4 is 11.1 Å². The molecule has 0 aliphatic rings. The van der Waals surface area contributed by atoms with Crippen molar-refractivity contribution in [1.29, 1.82) is 0 Å². The SMILES string of the molecule is CC(C)C(Nc1nccc2occc12)C(N)=O. The van der Waals surface area contributed by atoms with Crippen LogP contribution in [0.4, 0.5) is 5.82 Å². The van der Waals surface area contributed by atoms with Crippen LogP contribution in [0, 0.1) is 5.92 Å². The molecule has 1 unspecified atom stereocenters. The summed E-state index contributed by atoms with van der Waals surface area (Å²) in [5.74, 6) is 0.326. The van der Waals surface area contributed by atoms with Crippen LogP contribution in [0.15, 0.2) is 29.0 Å². The lowest BCUT2D eigenvalue weighted by atomic mass is 10.0. The van der Waals surface area contributed by atoms with E-state index in [0.29, 0.717) is 5.82 Å². The van der Waals surface area contributed by atoms with Gasteiger partial charge in [-0.2, -0.15) is 0 Å². The molecule has 2 heterocycles. The quantitative estimate of drug-likeness (QED) is 0.843. The van der Waals surface area contributed by atoms with Crippen molar-refractivity contribution in [2.75, 3.05) is 5.32 Å². The van der Waals surface area contributed by atoms with Gasteiger partial charge in [-0.1, -0.05) is 13.8 Å². The van der Waals surface area contributed by atoms with Crippen LogP contribution in [0.5, 0.6) is 0 Å². The van der Waals surface area contributed by atoms with Crippen LogP contribution in [0.2, 0.25) is 0 Å². The van der Waals surface area contributed by atoms with Gasteiger partial charge in [0.1, 0.15) is 17.4 Å². The van der Waals surface area contributed by atoms with E-state index in [1.807, 2.05) is 19.9 Å². The predicted octanol–water partition coefficient (Wildman–Crippen LogP) is 1.75. The average molecular weight is 233 g/mol. The summed E-state index contributed by atoms with van der Waals surface area (Å²) in [7, 11) is 0. The second-order valence-corrected chi connectivity index (χ2v) is 4.26. The molecule has 5 heteroatoms. The van der Waals surface area contributed by atoms with E-state index in [1.54, 1.807) is 18.5 Å². The first-order valence-electron chi connectivity index (χ1n) is 5.47. The number of pyridine rings is 1. The Kier molecular flexibility index (Phi) is 2.99. The van der Waals surface area contributed by atoms with Crippen molar-refractivity contribution < 1.29 is 9.21 Å². The number of furan rings is 1. The molecule has 0 aliphatic carbocycles. The molecule has 0 saturated heterocycles. The molecule has 17 heavy (non-hydrogen) atoms. The fraction of sp³-hybridized carbons (Fsp3) is 0.333. The van der Waals surface area contributed by atoms with Gasteiger partial charge in [-0.3, -0.25) is 4.79 Å². The maximum atomic E-state index is 11.3. The highest BCUT2D eigenvalue weighted by atomic mass is 16.3. The van der Waals surface area contributed by atoms with E-state index >= 15 is 0 Å². The van der Waals surface area contributed by atoms with E-state index in [-0.39, 0.29) is 11.8 Å². The van der Waals surface area contributed by atoms with E-state index in [0.717, 1.165) is 11.0 Å². The first-order valence-corrected chi connectivity index (χ1v) is 5.47. The molecule has 0 bridgehead atoms. The lowest BCUT2D eigenvalue weighted by molar-refractivity contribution is -0.119. The maximum Gasteiger partial charge on any atom is 0.240 e. The molecule has 2 aromatic heterocycles. The molecule has 3 N–H and O–H groups in total. The van der Waals surface area contributed by atoms with E-state index in [2.05, 4.69) is 10.3 Å². The van der Waals surface area contributed by atoms with Crippen LogP contribution in [0.1, 0.15) is 13.8 Å². The molecular formula is C12H15N3O2. The second-order valence-electron chi connectivity index (χ2n) is 4.26. The number of aromatic nitrogens is 1. The molecule has 5 nitrogen and oxygen atoms in total. The third-order valence-corrected chi connectivity index (χ3v) is 2.65. The summed E-state index contributed by atoms with van der Waals surface area (Å²) in [6.45, 7) is 3.86. The van der Waals surface area contributed by atoms with Crippen molar-refractivity contribution in [3.05, 3.63) is 24.6 Å². The zero-order chi connectivity index (χ0) is 12.4. The van der Waals surface area contributed by atoms with Crippen molar-refractivity contribution >= 4 is 22.7 Å². The molecular weight excluding hydrogens is 218 g/mol. The zero-order valence-electron chi connectivity index (χ0n) is 9.81. The monoisotopic (exact) mass is 233 g/mol. The number of hydrogen-bond acceptors (Lipinski definition) is 4. The zero-order valence-corrected chi connectivity index (χ0v) is 9.81. The van der Waals surface area contributed by atoms with Gasteiger partial charge in [0.25, 0.3) is 0 Å². The van der Waals surface area contributed by atoms with E-state index in [9.17, 15) is 4.79 Å². The highest BCUT2D eigenvalue weighted by molar-refractivity contribution is 5.91. The van der Waals surface area contributed by atoms with Crippen LogP contribution >= 0.6 is 0 Å². The third-order valence-electron chi connectivity index (χ3n) is 2.65. The minimum absolute atomic E-state index is 0.0939. The molecule has 0 spiro atoms. The van der Waals surface area contributed by atoms with Crippen LogP contribution in [-0.2, 0) is 4.79 Å². The van der Waals surface area contributed by atoms with Gasteiger partial charge in [0.2, 0.25) is 5.91 Å². The number of anilines is 1. The number of primary amides is 1. The Bertz CT molecular complexity index is 533. The largest absolute Gasteiger partial charge is 0.464 e. The van der Waals surface area contributed by atoms with Crippen LogP contribution in [0.25, 0.3) is 11.0 Å². The Morgan fingerprint density at radius 1 is 1.47 bits per heavy atom. The van der Waals surface area contributed by atoms with Gasteiger partial charge in [-0.25, -0.2) is 4.98 Å². The number of rotatable bonds is 4. The minimum Gasteiger partial charge on any atom is -0.464 e. The van der Waals surface area contributed by atoms with Crippen molar-refractivity contribution in [3.8, 4) is 0 Å². The van der Waals surface area contributed by atoms with Gasteiger partial charge >= 0.3 is 0 Å². The number of carbonyl (C=O) groups excluding carboxylic acids is 1. The van der Waals surface area contributed by atoms with Crippen LogP contribution in [0.3, 0.4) is 0 Å². The summed E-state index contributed by atoms with van der Waals surface area (Å²) < 4.78 is 5.26. The van der Waals surface area contributed by atoms with Gasteiger partial charge in [-0.05, 0) is 18.1 Å². The fourth-order valence-corrected chi connectivity index (χ4v) is 1.72. The molecule has 90 valence electrons. The molecule has 0 aliphatic heterocycles. The molecule has 0 radical (unpaired) electrons. The Morgan fingerprint density at radius 2 is 2.24 bits per heavy atom. The van der Waals surface area contributed by atoms with Crippen molar-refractivity contribution in [3.63, 3.8) is 0 Å². The van der Waals surface area contributed by atoms with Gasteiger partial charge in [0, 0.05) is 6.20 Å². The number of nitrogens with one attached hydrogen (secondary N) is 1. The predicted molar refractivity (Wildman–Crippen MR) is 65.5 cm³/mol.